The van der Waals surface area contributed by atoms with Crippen molar-refractivity contribution >= 4 is 5.91 Å². The second kappa shape index (κ2) is 9.90. The Morgan fingerprint density at radius 1 is 1.23 bits per heavy atom. The van der Waals surface area contributed by atoms with Crippen LogP contribution in [0.15, 0.2) is 24.3 Å². The second-order valence-electron chi connectivity index (χ2n) is 7.23. The number of ether oxygens (including phenoxy) is 2. The Morgan fingerprint density at radius 3 is 2.85 bits per heavy atom. The standard InChI is InChI=1S/C20H31N3O3/c1-21-20(24)16-26-19-7-3-2-6-18(19)15-23-8-4-5-17(14-23)13-22-9-11-25-12-10-22/h2-3,6-7,17H,4-5,8-16H2,1H3,(H,21,24)/t17-/m1/s1. The molecule has 1 aromatic rings. The molecule has 2 aliphatic heterocycles. The van der Waals surface area contributed by atoms with Crippen LogP contribution in [-0.4, -0.2) is 75.3 Å². The van der Waals surface area contributed by atoms with Crippen LogP contribution < -0.4 is 10.1 Å². The van der Waals surface area contributed by atoms with Crippen molar-refractivity contribution in [3.63, 3.8) is 0 Å². The van der Waals surface area contributed by atoms with Crippen molar-refractivity contribution in [2.45, 2.75) is 19.4 Å². The van der Waals surface area contributed by atoms with Crippen LogP contribution in [0.5, 0.6) is 5.75 Å². The smallest absolute Gasteiger partial charge is 0.257 e. The van der Waals surface area contributed by atoms with Crippen molar-refractivity contribution in [3.05, 3.63) is 29.8 Å². The van der Waals surface area contributed by atoms with E-state index in [0.29, 0.717) is 0 Å². The van der Waals surface area contributed by atoms with Gasteiger partial charge in [-0.25, -0.2) is 0 Å². The zero-order chi connectivity index (χ0) is 18.2. The van der Waals surface area contributed by atoms with Gasteiger partial charge in [0.1, 0.15) is 5.75 Å². The minimum Gasteiger partial charge on any atom is -0.483 e. The van der Waals surface area contributed by atoms with Crippen molar-refractivity contribution in [3.8, 4) is 5.75 Å². The van der Waals surface area contributed by atoms with Crippen LogP contribution in [0.3, 0.4) is 0 Å². The first-order valence-corrected chi connectivity index (χ1v) is 9.68. The number of likely N-dealkylation sites (tertiary alicyclic amines) is 1. The number of rotatable bonds is 7. The fraction of sp³-hybridized carbons (Fsp3) is 0.650. The lowest BCUT2D eigenvalue weighted by Gasteiger charge is -2.37. The minimum atomic E-state index is -0.108. The number of para-hydroxylation sites is 1. The Bertz CT molecular complexity index is 575. The average Bonchev–Trinajstić information content (AvgIpc) is 2.68. The molecular formula is C20H31N3O3. The van der Waals surface area contributed by atoms with Crippen LogP contribution >= 0.6 is 0 Å². The van der Waals surface area contributed by atoms with Gasteiger partial charge in [-0.1, -0.05) is 18.2 Å². The lowest BCUT2D eigenvalue weighted by Crippen LogP contribution is -2.44. The number of carbonyl (C=O) groups excluding carboxylic acids is 1. The van der Waals surface area contributed by atoms with Gasteiger partial charge in [0, 0.05) is 45.3 Å². The van der Waals surface area contributed by atoms with E-state index in [-0.39, 0.29) is 12.5 Å². The number of hydrogen-bond donors (Lipinski definition) is 1. The van der Waals surface area contributed by atoms with Crippen LogP contribution in [0.2, 0.25) is 0 Å². The van der Waals surface area contributed by atoms with E-state index in [0.717, 1.165) is 63.2 Å². The summed E-state index contributed by atoms with van der Waals surface area (Å²) < 4.78 is 11.2. The molecule has 1 aromatic carbocycles. The summed E-state index contributed by atoms with van der Waals surface area (Å²) in [5, 5.41) is 2.59. The molecule has 1 amide bonds. The summed E-state index contributed by atoms with van der Waals surface area (Å²) in [7, 11) is 1.62. The van der Waals surface area contributed by atoms with Gasteiger partial charge in [0.2, 0.25) is 0 Å². The molecule has 2 saturated heterocycles. The number of carbonyl (C=O) groups is 1. The van der Waals surface area contributed by atoms with Crippen LogP contribution in [0.4, 0.5) is 0 Å². The van der Waals surface area contributed by atoms with E-state index < -0.39 is 0 Å². The van der Waals surface area contributed by atoms with Gasteiger partial charge in [-0.05, 0) is 31.4 Å². The Balaban J connectivity index is 1.53. The van der Waals surface area contributed by atoms with Gasteiger partial charge in [0.25, 0.3) is 5.91 Å². The van der Waals surface area contributed by atoms with E-state index in [1.807, 2.05) is 18.2 Å². The maximum absolute atomic E-state index is 11.5. The van der Waals surface area contributed by atoms with Gasteiger partial charge in [-0.3, -0.25) is 14.6 Å². The molecule has 6 heteroatoms. The summed E-state index contributed by atoms with van der Waals surface area (Å²) in [5.41, 5.74) is 1.16. The SMILES string of the molecule is CNC(=O)COc1ccccc1CN1CCC[C@H](CN2CCOCC2)C1. The van der Waals surface area contributed by atoms with Gasteiger partial charge in [-0.2, -0.15) is 0 Å². The van der Waals surface area contributed by atoms with Gasteiger partial charge >= 0.3 is 0 Å². The fourth-order valence-electron chi connectivity index (χ4n) is 3.82. The molecule has 2 heterocycles. The number of hydrogen-bond acceptors (Lipinski definition) is 5. The molecule has 1 atom stereocenters. The van der Waals surface area contributed by atoms with Crippen LogP contribution in [0.1, 0.15) is 18.4 Å². The molecule has 6 nitrogen and oxygen atoms in total. The number of morpholine rings is 1. The van der Waals surface area contributed by atoms with Gasteiger partial charge < -0.3 is 14.8 Å². The molecule has 1 N–H and O–H groups in total. The zero-order valence-electron chi connectivity index (χ0n) is 15.8. The van der Waals surface area contributed by atoms with E-state index in [2.05, 4.69) is 21.2 Å². The number of benzene rings is 1. The maximum Gasteiger partial charge on any atom is 0.257 e. The van der Waals surface area contributed by atoms with E-state index in [1.54, 1.807) is 7.05 Å². The van der Waals surface area contributed by atoms with Gasteiger partial charge in [0.05, 0.1) is 13.2 Å². The maximum atomic E-state index is 11.5. The minimum absolute atomic E-state index is 0.0627. The highest BCUT2D eigenvalue weighted by atomic mass is 16.5. The first-order chi connectivity index (χ1) is 12.7. The molecule has 0 radical (unpaired) electrons. The predicted octanol–water partition coefficient (Wildman–Crippen LogP) is 1.36. The van der Waals surface area contributed by atoms with Crippen molar-refractivity contribution in [1.82, 2.24) is 15.1 Å². The van der Waals surface area contributed by atoms with Crippen molar-refractivity contribution in [1.29, 1.82) is 0 Å². The molecular weight excluding hydrogens is 330 g/mol. The molecule has 0 aromatic heterocycles. The Labute approximate surface area is 156 Å². The van der Waals surface area contributed by atoms with E-state index >= 15 is 0 Å². The van der Waals surface area contributed by atoms with E-state index in [4.69, 9.17) is 9.47 Å². The summed E-state index contributed by atoms with van der Waals surface area (Å²) in [6.07, 6.45) is 2.55. The third-order valence-corrected chi connectivity index (χ3v) is 5.23. The highest BCUT2D eigenvalue weighted by molar-refractivity contribution is 5.77. The molecule has 0 aliphatic carbocycles. The number of piperidine rings is 1. The van der Waals surface area contributed by atoms with Crippen LogP contribution in [0, 0.1) is 5.92 Å². The Morgan fingerprint density at radius 2 is 2.04 bits per heavy atom. The number of nitrogens with one attached hydrogen (secondary N) is 1. The molecule has 2 aliphatic rings. The quantitative estimate of drug-likeness (QED) is 0.795. The zero-order valence-corrected chi connectivity index (χ0v) is 15.8. The van der Waals surface area contributed by atoms with Crippen molar-refractivity contribution in [2.24, 2.45) is 5.92 Å². The predicted molar refractivity (Wildman–Crippen MR) is 101 cm³/mol. The summed E-state index contributed by atoms with van der Waals surface area (Å²) in [6, 6.07) is 8.05. The van der Waals surface area contributed by atoms with E-state index in [1.165, 1.54) is 19.4 Å². The largest absolute Gasteiger partial charge is 0.483 e. The summed E-state index contributed by atoms with van der Waals surface area (Å²) >= 11 is 0. The van der Waals surface area contributed by atoms with Gasteiger partial charge in [0.15, 0.2) is 6.61 Å². The number of nitrogens with zero attached hydrogens (tertiary/aromatic N) is 2. The number of likely N-dealkylation sites (N-methyl/N-ethyl adjacent to an activating group) is 1. The normalized spacial score (nSPS) is 22.1. The monoisotopic (exact) mass is 361 g/mol. The van der Waals surface area contributed by atoms with Gasteiger partial charge in [-0.15, -0.1) is 0 Å². The van der Waals surface area contributed by atoms with E-state index in [9.17, 15) is 4.79 Å². The van der Waals surface area contributed by atoms with Crippen LogP contribution in [-0.2, 0) is 16.1 Å². The van der Waals surface area contributed by atoms with Crippen molar-refractivity contribution < 1.29 is 14.3 Å². The first kappa shape index (κ1) is 19.1. The Kier molecular flexibility index (Phi) is 7.29. The molecule has 0 bridgehead atoms. The highest BCUT2D eigenvalue weighted by Gasteiger charge is 2.23. The molecule has 144 valence electrons. The molecule has 0 unspecified atom stereocenters. The second-order valence-corrected chi connectivity index (χ2v) is 7.23. The molecule has 26 heavy (non-hydrogen) atoms. The fourth-order valence-corrected chi connectivity index (χ4v) is 3.82. The summed E-state index contributed by atoms with van der Waals surface area (Å²) in [6.45, 7) is 8.23. The molecule has 3 rings (SSSR count). The topological polar surface area (TPSA) is 54.0 Å². The molecule has 0 spiro atoms. The lowest BCUT2D eigenvalue weighted by molar-refractivity contribution is -0.122. The average molecular weight is 361 g/mol. The Hall–Kier alpha value is -1.63. The van der Waals surface area contributed by atoms with Crippen LogP contribution in [0.25, 0.3) is 0 Å². The first-order valence-electron chi connectivity index (χ1n) is 9.68. The lowest BCUT2D eigenvalue weighted by atomic mass is 9.96. The third-order valence-electron chi connectivity index (χ3n) is 5.23. The molecule has 2 fully saturated rings. The highest BCUT2D eigenvalue weighted by Crippen LogP contribution is 2.24. The summed E-state index contributed by atoms with van der Waals surface area (Å²) in [5.74, 6) is 1.43. The molecule has 0 saturated carbocycles. The van der Waals surface area contributed by atoms with Crippen molar-refractivity contribution in [2.75, 3.05) is 59.6 Å². The number of amides is 1. The summed E-state index contributed by atoms with van der Waals surface area (Å²) in [4.78, 5) is 16.5. The third kappa shape index (κ3) is 5.69.